The molecular formula is C10H8IN3O2. The van der Waals surface area contributed by atoms with Crippen LogP contribution in [-0.4, -0.2) is 16.1 Å². The Morgan fingerprint density at radius 2 is 2.12 bits per heavy atom. The van der Waals surface area contributed by atoms with E-state index in [0.717, 1.165) is 3.57 Å². The molecule has 0 aliphatic rings. The molecular weight excluding hydrogens is 321 g/mol. The summed E-state index contributed by atoms with van der Waals surface area (Å²) in [5.74, 6) is 0.159. The van der Waals surface area contributed by atoms with E-state index in [1.165, 1.54) is 0 Å². The van der Waals surface area contributed by atoms with E-state index in [-0.39, 0.29) is 11.9 Å². The molecule has 0 saturated carbocycles. The van der Waals surface area contributed by atoms with Gasteiger partial charge in [-0.1, -0.05) is 17.2 Å². The van der Waals surface area contributed by atoms with Crippen molar-refractivity contribution in [1.82, 2.24) is 10.2 Å². The first-order valence-electron chi connectivity index (χ1n) is 4.53. The van der Waals surface area contributed by atoms with Crippen LogP contribution in [0.5, 0.6) is 0 Å². The number of amides is 1. The first-order chi connectivity index (χ1) is 7.66. The number of carbonyl (C=O) groups excluding carboxylic acids is 1. The number of hydrogen-bond acceptors (Lipinski definition) is 4. The maximum atomic E-state index is 11.8. The first-order valence-corrected chi connectivity index (χ1v) is 5.60. The standard InChI is InChI=1S/C10H8IN3O2/c1-6-13-14-10(16-6)12-9(15)7-4-2-3-5-8(7)11/h2-5H,1H3,(H,12,14,15). The smallest absolute Gasteiger partial charge is 0.322 e. The van der Waals surface area contributed by atoms with Crippen LogP contribution in [0.3, 0.4) is 0 Å². The minimum absolute atomic E-state index is 0.113. The van der Waals surface area contributed by atoms with Gasteiger partial charge in [0.15, 0.2) is 0 Å². The Morgan fingerprint density at radius 3 is 2.75 bits per heavy atom. The molecule has 0 unspecified atom stereocenters. The lowest BCUT2D eigenvalue weighted by Crippen LogP contribution is -2.13. The zero-order chi connectivity index (χ0) is 11.5. The average molecular weight is 329 g/mol. The van der Waals surface area contributed by atoms with Crippen molar-refractivity contribution in [1.29, 1.82) is 0 Å². The van der Waals surface area contributed by atoms with Crippen LogP contribution < -0.4 is 5.32 Å². The van der Waals surface area contributed by atoms with Gasteiger partial charge in [-0.05, 0) is 34.7 Å². The number of benzene rings is 1. The molecule has 0 spiro atoms. The highest BCUT2D eigenvalue weighted by Gasteiger charge is 2.12. The van der Waals surface area contributed by atoms with Gasteiger partial charge in [0.2, 0.25) is 5.89 Å². The summed E-state index contributed by atoms with van der Waals surface area (Å²) in [5.41, 5.74) is 0.582. The van der Waals surface area contributed by atoms with Crippen molar-refractivity contribution >= 4 is 34.5 Å². The Hall–Kier alpha value is -1.44. The van der Waals surface area contributed by atoms with Gasteiger partial charge in [-0.2, -0.15) is 0 Å². The van der Waals surface area contributed by atoms with E-state index < -0.39 is 0 Å². The van der Waals surface area contributed by atoms with E-state index in [2.05, 4.69) is 38.1 Å². The highest BCUT2D eigenvalue weighted by atomic mass is 127. The summed E-state index contributed by atoms with van der Waals surface area (Å²) in [6.07, 6.45) is 0. The average Bonchev–Trinajstić information content (AvgIpc) is 2.64. The lowest BCUT2D eigenvalue weighted by atomic mass is 10.2. The second-order valence-corrected chi connectivity index (χ2v) is 4.22. The Labute approximate surface area is 105 Å². The van der Waals surface area contributed by atoms with Crippen molar-refractivity contribution < 1.29 is 9.21 Å². The second-order valence-electron chi connectivity index (χ2n) is 3.06. The molecule has 0 saturated heterocycles. The molecule has 82 valence electrons. The minimum Gasteiger partial charge on any atom is -0.408 e. The van der Waals surface area contributed by atoms with Crippen molar-refractivity contribution in [2.24, 2.45) is 0 Å². The zero-order valence-corrected chi connectivity index (χ0v) is 10.6. The van der Waals surface area contributed by atoms with E-state index in [1.807, 2.05) is 12.1 Å². The molecule has 1 aromatic heterocycles. The van der Waals surface area contributed by atoms with Gasteiger partial charge in [0, 0.05) is 10.5 Å². The summed E-state index contributed by atoms with van der Waals surface area (Å²) in [4.78, 5) is 11.8. The molecule has 0 fully saturated rings. The van der Waals surface area contributed by atoms with Gasteiger partial charge in [0.25, 0.3) is 5.91 Å². The van der Waals surface area contributed by atoms with Crippen LogP contribution in [0.15, 0.2) is 28.7 Å². The van der Waals surface area contributed by atoms with Crippen LogP contribution in [0.4, 0.5) is 6.01 Å². The summed E-state index contributed by atoms with van der Waals surface area (Å²) in [6, 6.07) is 7.38. The number of anilines is 1. The summed E-state index contributed by atoms with van der Waals surface area (Å²) in [6.45, 7) is 1.66. The molecule has 0 aliphatic carbocycles. The fourth-order valence-corrected chi connectivity index (χ4v) is 1.79. The first kappa shape index (κ1) is 11.1. The predicted octanol–water partition coefficient (Wildman–Crippen LogP) is 2.23. The van der Waals surface area contributed by atoms with Gasteiger partial charge in [0.1, 0.15) is 0 Å². The quantitative estimate of drug-likeness (QED) is 0.858. The predicted molar refractivity (Wildman–Crippen MR) is 66.1 cm³/mol. The molecule has 0 radical (unpaired) electrons. The van der Waals surface area contributed by atoms with E-state index >= 15 is 0 Å². The SMILES string of the molecule is Cc1nnc(NC(=O)c2ccccc2I)o1. The molecule has 16 heavy (non-hydrogen) atoms. The number of halogens is 1. The molecule has 5 nitrogen and oxygen atoms in total. The Bertz CT molecular complexity index is 524. The van der Waals surface area contributed by atoms with Crippen molar-refractivity contribution in [3.8, 4) is 0 Å². The van der Waals surface area contributed by atoms with Gasteiger partial charge < -0.3 is 4.42 Å². The topological polar surface area (TPSA) is 68.0 Å². The van der Waals surface area contributed by atoms with Crippen LogP contribution in [0.25, 0.3) is 0 Å². The van der Waals surface area contributed by atoms with Crippen molar-refractivity contribution in [3.05, 3.63) is 39.3 Å². The molecule has 1 amide bonds. The molecule has 1 aromatic carbocycles. The largest absolute Gasteiger partial charge is 0.408 e. The molecule has 0 bridgehead atoms. The van der Waals surface area contributed by atoms with Gasteiger partial charge >= 0.3 is 6.01 Å². The van der Waals surface area contributed by atoms with E-state index in [9.17, 15) is 4.79 Å². The lowest BCUT2D eigenvalue weighted by molar-refractivity contribution is 0.102. The normalized spacial score (nSPS) is 10.1. The number of nitrogens with one attached hydrogen (secondary N) is 1. The number of carbonyl (C=O) groups is 1. The Morgan fingerprint density at radius 1 is 1.38 bits per heavy atom. The highest BCUT2D eigenvalue weighted by Crippen LogP contribution is 2.13. The summed E-state index contributed by atoms with van der Waals surface area (Å²) >= 11 is 2.10. The van der Waals surface area contributed by atoms with Crippen molar-refractivity contribution in [2.45, 2.75) is 6.92 Å². The molecule has 0 atom stereocenters. The third kappa shape index (κ3) is 2.38. The molecule has 1 N–H and O–H groups in total. The van der Waals surface area contributed by atoms with Crippen LogP contribution in [0, 0.1) is 10.5 Å². The molecule has 1 heterocycles. The van der Waals surface area contributed by atoms with Crippen LogP contribution in [-0.2, 0) is 0 Å². The maximum absolute atomic E-state index is 11.8. The summed E-state index contributed by atoms with van der Waals surface area (Å²) in [5, 5.41) is 9.85. The monoisotopic (exact) mass is 329 g/mol. The third-order valence-electron chi connectivity index (χ3n) is 1.86. The van der Waals surface area contributed by atoms with Gasteiger partial charge in [-0.3, -0.25) is 10.1 Å². The molecule has 0 aliphatic heterocycles. The van der Waals surface area contributed by atoms with Gasteiger partial charge in [-0.15, -0.1) is 5.10 Å². The number of aromatic nitrogens is 2. The maximum Gasteiger partial charge on any atom is 0.322 e. The number of aryl methyl sites for hydroxylation is 1. The van der Waals surface area contributed by atoms with Crippen LogP contribution >= 0.6 is 22.6 Å². The molecule has 2 aromatic rings. The fraction of sp³-hybridized carbons (Fsp3) is 0.100. The fourth-order valence-electron chi connectivity index (χ4n) is 1.16. The van der Waals surface area contributed by atoms with Gasteiger partial charge in [0.05, 0.1) is 5.56 Å². The third-order valence-corrected chi connectivity index (χ3v) is 2.81. The highest BCUT2D eigenvalue weighted by molar-refractivity contribution is 14.1. The summed E-state index contributed by atoms with van der Waals surface area (Å²) < 4.78 is 5.93. The molecule has 2 rings (SSSR count). The zero-order valence-electron chi connectivity index (χ0n) is 8.40. The van der Waals surface area contributed by atoms with Gasteiger partial charge in [-0.25, -0.2) is 0 Å². The van der Waals surface area contributed by atoms with Crippen LogP contribution in [0.1, 0.15) is 16.2 Å². The Balaban J connectivity index is 2.18. The second kappa shape index (κ2) is 4.60. The number of rotatable bonds is 2. The van der Waals surface area contributed by atoms with E-state index in [1.54, 1.807) is 19.1 Å². The lowest BCUT2D eigenvalue weighted by Gasteiger charge is -2.02. The summed E-state index contributed by atoms with van der Waals surface area (Å²) in [7, 11) is 0. The minimum atomic E-state index is -0.256. The van der Waals surface area contributed by atoms with Crippen LogP contribution in [0.2, 0.25) is 0 Å². The number of nitrogens with zero attached hydrogens (tertiary/aromatic N) is 2. The molecule has 6 heteroatoms. The van der Waals surface area contributed by atoms with E-state index in [0.29, 0.717) is 11.5 Å². The number of hydrogen-bond donors (Lipinski definition) is 1. The van der Waals surface area contributed by atoms with E-state index in [4.69, 9.17) is 4.42 Å². The Kier molecular flexibility index (Phi) is 3.18. The van der Waals surface area contributed by atoms with Crippen molar-refractivity contribution in [3.63, 3.8) is 0 Å². The van der Waals surface area contributed by atoms with Crippen molar-refractivity contribution in [2.75, 3.05) is 5.32 Å².